The number of carboxylic acid groups (broad SMARTS) is 2. The van der Waals surface area contributed by atoms with Gasteiger partial charge in [-0.15, -0.1) is 0 Å². The molecule has 0 spiro atoms. The number of benzene rings is 1. The van der Waals surface area contributed by atoms with Crippen LogP contribution in [0.15, 0.2) is 24.3 Å². The van der Waals surface area contributed by atoms with Crippen molar-refractivity contribution in [3.05, 3.63) is 35.4 Å². The second-order valence-corrected chi connectivity index (χ2v) is 3.60. The van der Waals surface area contributed by atoms with Crippen LogP contribution in [-0.4, -0.2) is 45.6 Å². The maximum Gasteiger partial charge on any atom is 0.336 e. The molecule has 6 heteroatoms. The van der Waals surface area contributed by atoms with E-state index in [1.54, 1.807) is 0 Å². The maximum absolute atomic E-state index is 10.5. The van der Waals surface area contributed by atoms with Crippen molar-refractivity contribution in [2.75, 3.05) is 13.2 Å². The first kappa shape index (κ1) is 20.4. The molecule has 0 aliphatic carbocycles. The van der Waals surface area contributed by atoms with Crippen molar-refractivity contribution in [2.24, 2.45) is 0 Å². The van der Waals surface area contributed by atoms with Crippen molar-refractivity contribution >= 4 is 11.9 Å². The van der Waals surface area contributed by atoms with E-state index >= 15 is 0 Å². The van der Waals surface area contributed by atoms with Gasteiger partial charge in [-0.25, -0.2) is 9.59 Å². The number of hydrogen-bond acceptors (Lipinski definition) is 4. The summed E-state index contributed by atoms with van der Waals surface area (Å²) in [5.41, 5.74) is -0.380. The zero-order valence-corrected chi connectivity index (χ0v) is 11.7. The van der Waals surface area contributed by atoms with E-state index in [1.165, 1.54) is 24.3 Å². The van der Waals surface area contributed by atoms with Crippen LogP contribution in [0.3, 0.4) is 0 Å². The Hall–Kier alpha value is -1.92. The van der Waals surface area contributed by atoms with Gasteiger partial charge in [0.25, 0.3) is 0 Å². The van der Waals surface area contributed by atoms with Crippen LogP contribution in [0.5, 0.6) is 0 Å². The lowest BCUT2D eigenvalue weighted by atomic mass is 10.1. The molecule has 1 aromatic rings. The van der Waals surface area contributed by atoms with Crippen LogP contribution in [0.1, 0.15) is 47.4 Å². The summed E-state index contributed by atoms with van der Waals surface area (Å²) in [7, 11) is 0. The number of carbonyl (C=O) groups is 2. The van der Waals surface area contributed by atoms with Gasteiger partial charge in [0, 0.05) is 13.2 Å². The normalized spacial score (nSPS) is 8.60. The Bertz CT molecular complexity index is 348. The third-order valence-electron chi connectivity index (χ3n) is 1.84. The largest absolute Gasteiger partial charge is 0.478 e. The summed E-state index contributed by atoms with van der Waals surface area (Å²) in [5.74, 6) is -2.46. The van der Waals surface area contributed by atoms with Crippen molar-refractivity contribution in [3.63, 3.8) is 0 Å². The van der Waals surface area contributed by atoms with Gasteiger partial charge in [-0.1, -0.05) is 26.0 Å². The van der Waals surface area contributed by atoms with Gasteiger partial charge in [-0.3, -0.25) is 0 Å². The summed E-state index contributed by atoms with van der Waals surface area (Å²) in [5, 5.41) is 32.9. The molecule has 0 saturated heterocycles. The summed E-state index contributed by atoms with van der Waals surface area (Å²) < 4.78 is 0. The van der Waals surface area contributed by atoms with Crippen LogP contribution in [0.2, 0.25) is 0 Å². The van der Waals surface area contributed by atoms with Crippen LogP contribution in [-0.2, 0) is 0 Å². The fraction of sp³-hybridized carbons (Fsp3) is 0.429. The van der Waals surface area contributed by atoms with E-state index in [4.69, 9.17) is 20.4 Å². The number of aromatic carboxylic acids is 2. The fourth-order valence-electron chi connectivity index (χ4n) is 0.856. The SMILES string of the molecule is CCCO.CCCO.O=C(O)c1ccccc1C(=O)O. The van der Waals surface area contributed by atoms with Gasteiger partial charge in [0.15, 0.2) is 0 Å². The average molecular weight is 286 g/mol. The van der Waals surface area contributed by atoms with E-state index in [0.29, 0.717) is 13.2 Å². The Morgan fingerprint density at radius 3 is 1.25 bits per heavy atom. The third kappa shape index (κ3) is 10.0. The molecule has 20 heavy (non-hydrogen) atoms. The third-order valence-corrected chi connectivity index (χ3v) is 1.84. The van der Waals surface area contributed by atoms with Crippen LogP contribution in [0.25, 0.3) is 0 Å². The van der Waals surface area contributed by atoms with Gasteiger partial charge in [0.1, 0.15) is 0 Å². The molecule has 0 fully saturated rings. The zero-order valence-electron chi connectivity index (χ0n) is 11.7. The molecule has 1 aromatic carbocycles. The number of rotatable bonds is 4. The Kier molecular flexibility index (Phi) is 13.8. The molecular weight excluding hydrogens is 264 g/mol. The molecule has 0 heterocycles. The average Bonchev–Trinajstić information content (AvgIpc) is 2.47. The quantitative estimate of drug-likeness (QED) is 0.671. The van der Waals surface area contributed by atoms with Gasteiger partial charge < -0.3 is 20.4 Å². The van der Waals surface area contributed by atoms with E-state index in [2.05, 4.69) is 0 Å². The highest BCUT2D eigenvalue weighted by Crippen LogP contribution is 2.07. The van der Waals surface area contributed by atoms with Crippen LogP contribution in [0, 0.1) is 0 Å². The number of aliphatic hydroxyl groups excluding tert-OH is 2. The van der Waals surface area contributed by atoms with Crippen LogP contribution >= 0.6 is 0 Å². The minimum atomic E-state index is -1.23. The molecule has 0 radical (unpaired) electrons. The van der Waals surface area contributed by atoms with Gasteiger partial charge in [0.2, 0.25) is 0 Å². The van der Waals surface area contributed by atoms with Gasteiger partial charge in [-0.2, -0.15) is 0 Å². The first-order valence-electron chi connectivity index (χ1n) is 6.23. The summed E-state index contributed by atoms with van der Waals surface area (Å²) >= 11 is 0. The topological polar surface area (TPSA) is 115 Å². The highest BCUT2D eigenvalue weighted by atomic mass is 16.4. The molecule has 0 aliphatic heterocycles. The number of aliphatic hydroxyl groups is 2. The summed E-state index contributed by atoms with van der Waals surface area (Å²) in [6.45, 7) is 4.50. The lowest BCUT2D eigenvalue weighted by molar-refractivity contribution is 0.0651. The Balaban J connectivity index is 0. The lowest BCUT2D eigenvalue weighted by Gasteiger charge is -1.98. The summed E-state index contributed by atoms with van der Waals surface area (Å²) in [4.78, 5) is 20.9. The fourth-order valence-corrected chi connectivity index (χ4v) is 0.856. The van der Waals surface area contributed by atoms with E-state index in [1.807, 2.05) is 13.8 Å². The monoisotopic (exact) mass is 286 g/mol. The second kappa shape index (κ2) is 13.5. The standard InChI is InChI=1S/C8H6O4.2C3H8O/c9-7(10)5-3-1-2-4-6(5)8(11)12;2*1-2-3-4/h1-4H,(H,9,10)(H,11,12);2*4H,2-3H2,1H3. The van der Waals surface area contributed by atoms with Crippen molar-refractivity contribution < 1.29 is 30.0 Å². The molecule has 0 atom stereocenters. The Labute approximate surface area is 118 Å². The molecule has 0 unspecified atom stereocenters. The first-order chi connectivity index (χ1) is 9.45. The molecular formula is C14H22O6. The molecule has 0 aliphatic rings. The zero-order chi connectivity index (χ0) is 16.0. The van der Waals surface area contributed by atoms with Crippen molar-refractivity contribution in [3.8, 4) is 0 Å². The van der Waals surface area contributed by atoms with Gasteiger partial charge >= 0.3 is 11.9 Å². The van der Waals surface area contributed by atoms with Crippen LogP contribution in [0.4, 0.5) is 0 Å². The lowest BCUT2D eigenvalue weighted by Crippen LogP contribution is -2.06. The Morgan fingerprint density at radius 2 is 1.10 bits per heavy atom. The minimum absolute atomic E-state index is 0.190. The molecule has 1 rings (SSSR count). The van der Waals surface area contributed by atoms with Crippen molar-refractivity contribution in [1.82, 2.24) is 0 Å². The predicted octanol–water partition coefficient (Wildman–Crippen LogP) is 1.86. The van der Waals surface area contributed by atoms with Gasteiger partial charge in [0.05, 0.1) is 11.1 Å². The maximum atomic E-state index is 10.5. The van der Waals surface area contributed by atoms with Crippen molar-refractivity contribution in [2.45, 2.75) is 26.7 Å². The van der Waals surface area contributed by atoms with Crippen LogP contribution < -0.4 is 0 Å². The predicted molar refractivity (Wildman–Crippen MR) is 75.1 cm³/mol. The number of hydrogen-bond donors (Lipinski definition) is 4. The van der Waals surface area contributed by atoms with E-state index < -0.39 is 11.9 Å². The first-order valence-corrected chi connectivity index (χ1v) is 6.23. The van der Waals surface area contributed by atoms with Crippen molar-refractivity contribution in [1.29, 1.82) is 0 Å². The molecule has 0 amide bonds. The smallest absolute Gasteiger partial charge is 0.336 e. The Morgan fingerprint density at radius 1 is 0.850 bits per heavy atom. The highest BCUT2D eigenvalue weighted by molar-refractivity contribution is 6.01. The number of carboxylic acids is 2. The molecule has 0 aromatic heterocycles. The summed E-state index contributed by atoms with van der Waals surface area (Å²) in [6.07, 6.45) is 1.75. The van der Waals surface area contributed by atoms with E-state index in [-0.39, 0.29) is 11.1 Å². The molecule has 0 saturated carbocycles. The molecule has 4 N–H and O–H groups in total. The molecule has 6 nitrogen and oxygen atoms in total. The minimum Gasteiger partial charge on any atom is -0.478 e. The van der Waals surface area contributed by atoms with E-state index in [9.17, 15) is 9.59 Å². The highest BCUT2D eigenvalue weighted by Gasteiger charge is 2.13. The van der Waals surface area contributed by atoms with E-state index in [0.717, 1.165) is 12.8 Å². The molecule has 0 bridgehead atoms. The van der Waals surface area contributed by atoms with Gasteiger partial charge in [-0.05, 0) is 25.0 Å². The molecule has 114 valence electrons. The second-order valence-electron chi connectivity index (χ2n) is 3.60. The summed E-state index contributed by atoms with van der Waals surface area (Å²) in [6, 6.07) is 5.48.